The van der Waals surface area contributed by atoms with Gasteiger partial charge in [0.2, 0.25) is 5.75 Å². The minimum atomic E-state index is -1.37. The van der Waals surface area contributed by atoms with Crippen molar-refractivity contribution in [2.45, 2.75) is 6.10 Å². The van der Waals surface area contributed by atoms with Gasteiger partial charge in [-0.3, -0.25) is 4.98 Å². The summed E-state index contributed by atoms with van der Waals surface area (Å²) in [6, 6.07) is 6.13. The first kappa shape index (κ1) is 14.8. The second kappa shape index (κ2) is 6.23. The standard InChI is InChI=1S/C15H11F2NO3/c1-9(13(19)10-4-3-7-18-8-10)15(20)21-14-11(16)5-2-6-12(14)17/h2-8,13,19H,1H2. The molecule has 6 heteroatoms. The van der Waals surface area contributed by atoms with Crippen molar-refractivity contribution in [1.29, 1.82) is 0 Å². The van der Waals surface area contributed by atoms with Crippen LogP contribution in [-0.2, 0) is 4.79 Å². The van der Waals surface area contributed by atoms with Gasteiger partial charge >= 0.3 is 5.97 Å². The molecule has 0 saturated carbocycles. The Morgan fingerprint density at radius 2 is 1.90 bits per heavy atom. The number of carbonyl (C=O) groups excluding carboxylic acids is 1. The minimum Gasteiger partial charge on any atom is -0.417 e. The molecule has 1 atom stereocenters. The highest BCUT2D eigenvalue weighted by atomic mass is 19.1. The third-order valence-corrected chi connectivity index (χ3v) is 2.71. The number of hydrogen-bond acceptors (Lipinski definition) is 4. The maximum absolute atomic E-state index is 13.4. The number of para-hydroxylation sites is 1. The number of halogens is 2. The van der Waals surface area contributed by atoms with Crippen LogP contribution < -0.4 is 4.74 Å². The summed E-state index contributed by atoms with van der Waals surface area (Å²) in [7, 11) is 0. The highest BCUT2D eigenvalue weighted by molar-refractivity contribution is 5.90. The molecule has 4 nitrogen and oxygen atoms in total. The van der Waals surface area contributed by atoms with Crippen molar-refractivity contribution in [2.24, 2.45) is 0 Å². The van der Waals surface area contributed by atoms with Gasteiger partial charge < -0.3 is 9.84 Å². The SMILES string of the molecule is C=C(C(=O)Oc1c(F)cccc1F)C(O)c1cccnc1. The van der Waals surface area contributed by atoms with Crippen LogP contribution in [0.25, 0.3) is 0 Å². The number of aliphatic hydroxyl groups excluding tert-OH is 1. The summed E-state index contributed by atoms with van der Waals surface area (Å²) in [5.74, 6) is -4.00. The van der Waals surface area contributed by atoms with Crippen LogP contribution in [0.15, 0.2) is 54.9 Å². The van der Waals surface area contributed by atoms with Crippen molar-refractivity contribution in [3.8, 4) is 5.75 Å². The Hall–Kier alpha value is -2.60. The first-order chi connectivity index (χ1) is 10.0. The molecule has 0 radical (unpaired) electrons. The number of ether oxygens (including phenoxy) is 1. The highest BCUT2D eigenvalue weighted by Gasteiger charge is 2.23. The molecule has 1 N–H and O–H groups in total. The van der Waals surface area contributed by atoms with Gasteiger partial charge in [0.15, 0.2) is 11.6 Å². The Balaban J connectivity index is 2.15. The lowest BCUT2D eigenvalue weighted by atomic mass is 10.1. The van der Waals surface area contributed by atoms with E-state index in [9.17, 15) is 18.7 Å². The normalized spacial score (nSPS) is 11.8. The van der Waals surface area contributed by atoms with Crippen molar-refractivity contribution in [3.63, 3.8) is 0 Å². The fourth-order valence-electron chi connectivity index (χ4n) is 1.59. The predicted molar refractivity (Wildman–Crippen MR) is 70.3 cm³/mol. The topological polar surface area (TPSA) is 59.4 Å². The number of pyridine rings is 1. The number of hydrogen-bond donors (Lipinski definition) is 1. The van der Waals surface area contributed by atoms with Crippen LogP contribution in [0, 0.1) is 11.6 Å². The monoisotopic (exact) mass is 291 g/mol. The fraction of sp³-hybridized carbons (Fsp3) is 0.0667. The van der Waals surface area contributed by atoms with Gasteiger partial charge in [-0.1, -0.05) is 18.7 Å². The molecule has 108 valence electrons. The van der Waals surface area contributed by atoms with E-state index < -0.39 is 29.5 Å². The van der Waals surface area contributed by atoms with Crippen LogP contribution in [0.2, 0.25) is 0 Å². The molecule has 1 aromatic carbocycles. The fourth-order valence-corrected chi connectivity index (χ4v) is 1.59. The van der Waals surface area contributed by atoms with Gasteiger partial charge in [-0.05, 0) is 18.2 Å². The first-order valence-corrected chi connectivity index (χ1v) is 5.93. The number of aromatic nitrogens is 1. The third kappa shape index (κ3) is 3.29. The summed E-state index contributed by atoms with van der Waals surface area (Å²) in [5, 5.41) is 9.95. The molecule has 0 spiro atoms. The van der Waals surface area contributed by atoms with Gasteiger partial charge in [0.1, 0.15) is 6.10 Å². The Kier molecular flexibility index (Phi) is 4.39. The smallest absolute Gasteiger partial charge is 0.342 e. The molecule has 1 heterocycles. The van der Waals surface area contributed by atoms with Crippen LogP contribution in [-0.4, -0.2) is 16.1 Å². The summed E-state index contributed by atoms with van der Waals surface area (Å²) >= 11 is 0. The summed E-state index contributed by atoms with van der Waals surface area (Å²) in [6.45, 7) is 3.39. The van der Waals surface area contributed by atoms with Gasteiger partial charge in [0, 0.05) is 18.0 Å². The zero-order valence-electron chi connectivity index (χ0n) is 10.8. The van der Waals surface area contributed by atoms with E-state index in [4.69, 9.17) is 0 Å². The van der Waals surface area contributed by atoms with Crippen LogP contribution in [0.5, 0.6) is 5.75 Å². The lowest BCUT2D eigenvalue weighted by Crippen LogP contribution is -2.17. The zero-order chi connectivity index (χ0) is 15.4. The molecule has 21 heavy (non-hydrogen) atoms. The minimum absolute atomic E-state index is 0.313. The van der Waals surface area contributed by atoms with Gasteiger partial charge in [0.05, 0.1) is 5.57 Å². The number of benzene rings is 1. The number of esters is 1. The molecule has 0 aliphatic carbocycles. The molecule has 2 rings (SSSR count). The van der Waals surface area contributed by atoms with E-state index in [1.807, 2.05) is 0 Å². The molecule has 0 saturated heterocycles. The molecule has 0 amide bonds. The van der Waals surface area contributed by atoms with Crippen LogP contribution in [0.1, 0.15) is 11.7 Å². The van der Waals surface area contributed by atoms with Crippen LogP contribution in [0.4, 0.5) is 8.78 Å². The second-order valence-corrected chi connectivity index (χ2v) is 4.15. The van der Waals surface area contributed by atoms with Crippen LogP contribution in [0.3, 0.4) is 0 Å². The molecule has 0 aliphatic rings. The molecule has 0 aliphatic heterocycles. The Labute approximate surface area is 119 Å². The van der Waals surface area contributed by atoms with Crippen molar-refractivity contribution in [2.75, 3.05) is 0 Å². The summed E-state index contributed by atoms with van der Waals surface area (Å²) in [6.07, 6.45) is 1.46. The van der Waals surface area contributed by atoms with Crippen molar-refractivity contribution in [3.05, 3.63) is 72.1 Å². The van der Waals surface area contributed by atoms with E-state index in [0.29, 0.717) is 5.56 Å². The van der Waals surface area contributed by atoms with E-state index in [-0.39, 0.29) is 5.57 Å². The molecule has 2 aromatic rings. The number of carbonyl (C=O) groups is 1. The van der Waals surface area contributed by atoms with Crippen molar-refractivity contribution in [1.82, 2.24) is 4.98 Å². The van der Waals surface area contributed by atoms with Crippen LogP contribution >= 0.6 is 0 Å². The largest absolute Gasteiger partial charge is 0.417 e. The molecule has 1 aromatic heterocycles. The Morgan fingerprint density at radius 1 is 1.24 bits per heavy atom. The van der Waals surface area contributed by atoms with Gasteiger partial charge in [-0.25, -0.2) is 13.6 Å². The van der Waals surface area contributed by atoms with E-state index in [0.717, 1.165) is 18.2 Å². The van der Waals surface area contributed by atoms with E-state index in [1.54, 1.807) is 6.07 Å². The maximum atomic E-state index is 13.4. The molecule has 1 unspecified atom stereocenters. The van der Waals surface area contributed by atoms with E-state index in [2.05, 4.69) is 16.3 Å². The third-order valence-electron chi connectivity index (χ3n) is 2.71. The van der Waals surface area contributed by atoms with Gasteiger partial charge in [-0.15, -0.1) is 0 Å². The van der Waals surface area contributed by atoms with Gasteiger partial charge in [-0.2, -0.15) is 0 Å². The van der Waals surface area contributed by atoms with E-state index >= 15 is 0 Å². The predicted octanol–water partition coefficient (Wildman–Crippen LogP) is 2.56. The zero-order valence-corrected chi connectivity index (χ0v) is 10.8. The highest BCUT2D eigenvalue weighted by Crippen LogP contribution is 2.25. The summed E-state index contributed by atoms with van der Waals surface area (Å²) in [5.41, 5.74) is -0.0425. The molecular weight excluding hydrogens is 280 g/mol. The quantitative estimate of drug-likeness (QED) is 0.534. The number of rotatable bonds is 4. The average molecular weight is 291 g/mol. The number of nitrogens with zero attached hydrogens (tertiary/aromatic N) is 1. The average Bonchev–Trinajstić information content (AvgIpc) is 2.50. The molecule has 0 fully saturated rings. The first-order valence-electron chi connectivity index (χ1n) is 5.93. The lowest BCUT2D eigenvalue weighted by Gasteiger charge is -2.13. The molecule has 0 bridgehead atoms. The molecular formula is C15H11F2NO3. The Morgan fingerprint density at radius 3 is 2.48 bits per heavy atom. The summed E-state index contributed by atoms with van der Waals surface area (Å²) < 4.78 is 31.4. The summed E-state index contributed by atoms with van der Waals surface area (Å²) in [4.78, 5) is 15.6. The van der Waals surface area contributed by atoms with Crippen molar-refractivity contribution >= 4 is 5.97 Å². The number of aliphatic hydroxyl groups is 1. The van der Waals surface area contributed by atoms with E-state index in [1.165, 1.54) is 18.5 Å². The van der Waals surface area contributed by atoms with Gasteiger partial charge in [0.25, 0.3) is 0 Å². The second-order valence-electron chi connectivity index (χ2n) is 4.15. The lowest BCUT2D eigenvalue weighted by molar-refractivity contribution is -0.131. The Bertz CT molecular complexity index is 654. The van der Waals surface area contributed by atoms with Crippen molar-refractivity contribution < 1.29 is 23.4 Å². The maximum Gasteiger partial charge on any atom is 0.342 e.